The monoisotopic (exact) mass is 406 g/mol. The average molecular weight is 407 g/mol. The molecule has 5 nitrogen and oxygen atoms in total. The molecule has 0 saturated carbocycles. The molecule has 0 aliphatic carbocycles. The molecule has 2 unspecified atom stereocenters. The maximum atomic E-state index is 11.6. The second kappa shape index (κ2) is 13.5. The van der Waals surface area contributed by atoms with E-state index in [0.717, 1.165) is 25.7 Å². The third kappa shape index (κ3) is 12.6. The van der Waals surface area contributed by atoms with Crippen molar-refractivity contribution in [2.75, 3.05) is 6.35 Å². The Morgan fingerprint density at radius 2 is 1.46 bits per heavy atom. The van der Waals surface area contributed by atoms with E-state index < -0.39 is 29.3 Å². The molecule has 2 N–H and O–H groups in total. The highest BCUT2D eigenvalue weighted by molar-refractivity contribution is 7.92. The highest BCUT2D eigenvalue weighted by Crippen LogP contribution is 2.34. The van der Waals surface area contributed by atoms with Crippen LogP contribution in [0.3, 0.4) is 0 Å². The fourth-order valence-electron chi connectivity index (χ4n) is 2.57. The van der Waals surface area contributed by atoms with E-state index in [0.29, 0.717) is 12.8 Å². The molecule has 0 amide bonds. The zero-order valence-electron chi connectivity index (χ0n) is 16.5. The zero-order valence-corrected chi connectivity index (χ0v) is 18.3. The van der Waals surface area contributed by atoms with E-state index in [9.17, 15) is 13.0 Å². The lowest BCUT2D eigenvalue weighted by molar-refractivity contribution is 0.360. The van der Waals surface area contributed by atoms with Gasteiger partial charge in [0.15, 0.2) is 0 Å². The van der Waals surface area contributed by atoms with Crippen LogP contribution in [-0.4, -0.2) is 29.4 Å². The molecule has 0 aliphatic rings. The fourth-order valence-corrected chi connectivity index (χ4v) is 5.32. The Morgan fingerprint density at radius 1 is 0.962 bits per heavy atom. The molecule has 0 saturated heterocycles. The van der Waals surface area contributed by atoms with Gasteiger partial charge in [-0.1, -0.05) is 34.9 Å². The Morgan fingerprint density at radius 3 is 1.92 bits per heavy atom. The van der Waals surface area contributed by atoms with Gasteiger partial charge in [-0.3, -0.25) is 4.55 Å². The van der Waals surface area contributed by atoms with Gasteiger partial charge in [-0.05, 0) is 72.6 Å². The van der Waals surface area contributed by atoms with Crippen LogP contribution in [0.2, 0.25) is 0 Å². The molecule has 152 valence electrons. The van der Waals surface area contributed by atoms with Crippen LogP contribution in [0.4, 0.5) is 0 Å². The predicted molar refractivity (Wildman–Crippen MR) is 111 cm³/mol. The molecular formula is C19H35O5PS. The van der Waals surface area contributed by atoms with Gasteiger partial charge in [0.25, 0.3) is 10.1 Å². The molecule has 0 aromatic carbocycles. The first-order chi connectivity index (χ1) is 12.1. The molecule has 0 heterocycles. The summed E-state index contributed by atoms with van der Waals surface area (Å²) in [6, 6.07) is 0. The van der Waals surface area contributed by atoms with Gasteiger partial charge in [0.2, 0.25) is 0 Å². The molecule has 26 heavy (non-hydrogen) atoms. The van der Waals surface area contributed by atoms with E-state index in [1.807, 2.05) is 6.92 Å². The summed E-state index contributed by atoms with van der Waals surface area (Å²) in [5.41, 5.74) is 3.97. The van der Waals surface area contributed by atoms with E-state index in [1.165, 1.54) is 16.7 Å². The highest BCUT2D eigenvalue weighted by Gasteiger charge is 2.27. The van der Waals surface area contributed by atoms with Crippen LogP contribution in [0.5, 0.6) is 0 Å². The third-order valence-electron chi connectivity index (χ3n) is 4.16. The molecule has 2 atom stereocenters. The smallest absolute Gasteiger partial charge is 0.274 e. The Kier molecular flexibility index (Phi) is 13.1. The maximum absolute atomic E-state index is 11.6. The average Bonchev–Trinajstić information content (AvgIpc) is 2.52. The van der Waals surface area contributed by atoms with E-state index >= 15 is 0 Å². The number of unbranched alkanes of at least 4 members (excludes halogenated alkanes) is 1. The number of aliphatic hydroxyl groups excluding tert-OH is 1. The van der Waals surface area contributed by atoms with Gasteiger partial charge in [-0.25, -0.2) is 0 Å². The Balaban J connectivity index is 4.25. The first-order valence-corrected chi connectivity index (χ1v) is 12.3. The zero-order chi connectivity index (χ0) is 20.2. The number of hydrogen-bond donors (Lipinski definition) is 2. The molecule has 0 aliphatic heterocycles. The van der Waals surface area contributed by atoms with Crippen LogP contribution in [-0.2, 0) is 14.7 Å². The minimum Gasteiger partial charge on any atom is -0.389 e. The van der Waals surface area contributed by atoms with Crippen LogP contribution in [0.25, 0.3) is 0 Å². The van der Waals surface area contributed by atoms with Crippen molar-refractivity contribution < 1.29 is 22.6 Å². The van der Waals surface area contributed by atoms with Gasteiger partial charge in [-0.2, -0.15) is 8.42 Å². The van der Waals surface area contributed by atoms with Crippen LogP contribution < -0.4 is 0 Å². The summed E-state index contributed by atoms with van der Waals surface area (Å²) in [5.74, 6) is 0. The van der Waals surface area contributed by atoms with Crippen molar-refractivity contribution in [1.29, 1.82) is 0 Å². The van der Waals surface area contributed by atoms with E-state index in [-0.39, 0.29) is 6.42 Å². The van der Waals surface area contributed by atoms with Gasteiger partial charge < -0.3 is 9.67 Å². The summed E-state index contributed by atoms with van der Waals surface area (Å²) in [6.45, 7) is 8.40. The SMILES string of the molecule is CC(C)=CCCC(C)=CCCC(C)=CCCCC([PH](=O)CO)S(=O)(=O)O. The van der Waals surface area contributed by atoms with Crippen LogP contribution >= 0.6 is 7.80 Å². The molecule has 0 spiro atoms. The minimum atomic E-state index is -4.37. The molecule has 0 radical (unpaired) electrons. The number of allylic oxidation sites excluding steroid dienone is 6. The molecule has 0 aromatic heterocycles. The minimum absolute atomic E-state index is 0.102. The summed E-state index contributed by atoms with van der Waals surface area (Å²) < 4.78 is 43.1. The molecule has 0 fully saturated rings. The summed E-state index contributed by atoms with van der Waals surface area (Å²) in [4.78, 5) is -1.34. The third-order valence-corrected chi connectivity index (χ3v) is 8.12. The molecule has 0 rings (SSSR count). The van der Waals surface area contributed by atoms with Crippen LogP contribution in [0, 0.1) is 0 Å². The lowest BCUT2D eigenvalue weighted by Gasteiger charge is -2.11. The van der Waals surface area contributed by atoms with Gasteiger partial charge in [0.05, 0.1) is 6.35 Å². The lowest BCUT2D eigenvalue weighted by atomic mass is 10.1. The Bertz CT molecular complexity index is 628. The van der Waals surface area contributed by atoms with Crippen molar-refractivity contribution in [1.82, 2.24) is 0 Å². The normalized spacial score (nSPS) is 15.6. The van der Waals surface area contributed by atoms with E-state index in [4.69, 9.17) is 9.66 Å². The molecular weight excluding hydrogens is 371 g/mol. The van der Waals surface area contributed by atoms with Crippen molar-refractivity contribution in [3.63, 3.8) is 0 Å². The van der Waals surface area contributed by atoms with Crippen molar-refractivity contribution in [2.45, 2.75) is 77.6 Å². The molecule has 7 heteroatoms. The second-order valence-corrected chi connectivity index (χ2v) is 11.0. The van der Waals surface area contributed by atoms with Crippen molar-refractivity contribution in [3.8, 4) is 0 Å². The van der Waals surface area contributed by atoms with Crippen molar-refractivity contribution >= 4 is 17.9 Å². The highest BCUT2D eigenvalue weighted by atomic mass is 32.2. The summed E-state index contributed by atoms with van der Waals surface area (Å²) in [5, 5.41) is 8.87. The first kappa shape index (κ1) is 25.3. The maximum Gasteiger partial charge on any atom is 0.274 e. The van der Waals surface area contributed by atoms with Crippen LogP contribution in [0.1, 0.15) is 72.6 Å². The summed E-state index contributed by atoms with van der Waals surface area (Å²) in [7, 11) is -7.10. The number of hydrogen-bond acceptors (Lipinski definition) is 4. The number of rotatable bonds is 13. The molecule has 0 aromatic rings. The van der Waals surface area contributed by atoms with Crippen molar-refractivity contribution in [2.24, 2.45) is 0 Å². The largest absolute Gasteiger partial charge is 0.389 e. The predicted octanol–water partition coefficient (Wildman–Crippen LogP) is 5.30. The van der Waals surface area contributed by atoms with E-state index in [1.54, 1.807) is 0 Å². The van der Waals surface area contributed by atoms with Crippen LogP contribution in [0.15, 0.2) is 34.9 Å². The fraction of sp³-hybridized carbons (Fsp3) is 0.684. The van der Waals surface area contributed by atoms with Gasteiger partial charge >= 0.3 is 0 Å². The Labute approximate surface area is 159 Å². The number of aliphatic hydroxyl groups is 1. The Hall–Kier alpha value is -0.680. The lowest BCUT2D eigenvalue weighted by Crippen LogP contribution is -2.17. The topological polar surface area (TPSA) is 91.7 Å². The van der Waals surface area contributed by atoms with Gasteiger partial charge in [0.1, 0.15) is 12.8 Å². The van der Waals surface area contributed by atoms with Crippen molar-refractivity contribution in [3.05, 3.63) is 34.9 Å². The molecule has 0 bridgehead atoms. The standard InChI is InChI=1S/C19H35O5PS/c1-16(2)9-7-11-18(4)13-8-12-17(3)10-5-6-14-19(25(21)15-20)26(22,23)24/h9-10,13,19-20,25H,5-8,11-12,14-15H2,1-4H3,(H,22,23,24). The van der Waals surface area contributed by atoms with E-state index in [2.05, 4.69) is 39.0 Å². The van der Waals surface area contributed by atoms with Gasteiger partial charge in [-0.15, -0.1) is 0 Å². The first-order valence-electron chi connectivity index (χ1n) is 9.12. The summed E-state index contributed by atoms with van der Waals surface area (Å²) >= 11 is 0. The second-order valence-electron chi connectivity index (χ2n) is 7.02. The van der Waals surface area contributed by atoms with Gasteiger partial charge in [0, 0.05) is 0 Å². The summed E-state index contributed by atoms with van der Waals surface area (Å²) in [6.07, 6.45) is 11.2. The quantitative estimate of drug-likeness (QED) is 0.187.